The maximum Gasteiger partial charge on any atom is 0.138 e. The van der Waals surface area contributed by atoms with Gasteiger partial charge in [0.1, 0.15) is 17.5 Å². The quantitative estimate of drug-likeness (QED) is 0.881. The van der Waals surface area contributed by atoms with Crippen molar-refractivity contribution in [2.75, 3.05) is 17.6 Å². The van der Waals surface area contributed by atoms with Crippen LogP contribution in [-0.2, 0) is 5.41 Å². The first kappa shape index (κ1) is 15.1. The van der Waals surface area contributed by atoms with E-state index in [0.717, 1.165) is 23.8 Å². The minimum atomic E-state index is -0.0861. The van der Waals surface area contributed by atoms with Crippen LogP contribution in [0.5, 0.6) is 0 Å². The molecule has 0 aromatic carbocycles. The zero-order valence-corrected chi connectivity index (χ0v) is 13.5. The van der Waals surface area contributed by atoms with E-state index in [4.69, 9.17) is 10.7 Å². The van der Waals surface area contributed by atoms with Crippen LogP contribution >= 0.6 is 0 Å². The summed E-state index contributed by atoms with van der Waals surface area (Å²) in [5.74, 6) is 2.30. The van der Waals surface area contributed by atoms with Gasteiger partial charge in [-0.2, -0.15) is 0 Å². The van der Waals surface area contributed by atoms with Gasteiger partial charge in [-0.05, 0) is 31.6 Å². The monoisotopic (exact) mass is 276 g/mol. The van der Waals surface area contributed by atoms with Crippen LogP contribution < -0.4 is 11.1 Å². The van der Waals surface area contributed by atoms with Crippen molar-refractivity contribution in [3.05, 3.63) is 11.4 Å². The van der Waals surface area contributed by atoms with Crippen molar-refractivity contribution < 1.29 is 0 Å². The fourth-order valence-corrected chi connectivity index (χ4v) is 2.64. The van der Waals surface area contributed by atoms with Crippen molar-refractivity contribution in [1.29, 1.82) is 0 Å². The molecule has 1 heterocycles. The predicted molar refractivity (Wildman–Crippen MR) is 84.9 cm³/mol. The van der Waals surface area contributed by atoms with E-state index in [-0.39, 0.29) is 5.41 Å². The number of nitrogen functional groups attached to an aromatic ring is 1. The van der Waals surface area contributed by atoms with Crippen LogP contribution in [0.25, 0.3) is 0 Å². The third kappa shape index (κ3) is 2.89. The number of anilines is 2. The second-order valence-corrected chi connectivity index (χ2v) is 7.22. The average molecular weight is 276 g/mol. The van der Waals surface area contributed by atoms with Crippen molar-refractivity contribution in [3.8, 4) is 0 Å². The van der Waals surface area contributed by atoms with E-state index >= 15 is 0 Å². The van der Waals surface area contributed by atoms with Crippen LogP contribution in [0.2, 0.25) is 0 Å². The summed E-state index contributed by atoms with van der Waals surface area (Å²) >= 11 is 0. The molecule has 3 N–H and O–H groups in total. The molecule has 0 bridgehead atoms. The summed E-state index contributed by atoms with van der Waals surface area (Å²) < 4.78 is 0. The van der Waals surface area contributed by atoms with Crippen LogP contribution in [0.3, 0.4) is 0 Å². The number of nitrogens with zero attached hydrogens (tertiary/aromatic N) is 2. The van der Waals surface area contributed by atoms with Gasteiger partial charge in [-0.1, -0.05) is 34.1 Å². The fourth-order valence-electron chi connectivity index (χ4n) is 2.64. The van der Waals surface area contributed by atoms with Crippen LogP contribution in [0, 0.1) is 12.3 Å². The molecule has 1 aromatic heterocycles. The zero-order valence-electron chi connectivity index (χ0n) is 13.5. The first-order valence-electron chi connectivity index (χ1n) is 7.66. The van der Waals surface area contributed by atoms with Gasteiger partial charge in [-0.15, -0.1) is 0 Å². The molecule has 4 nitrogen and oxygen atoms in total. The van der Waals surface area contributed by atoms with Crippen molar-refractivity contribution in [2.45, 2.75) is 65.7 Å². The van der Waals surface area contributed by atoms with E-state index in [9.17, 15) is 0 Å². The van der Waals surface area contributed by atoms with Gasteiger partial charge in [0.2, 0.25) is 0 Å². The highest BCUT2D eigenvalue weighted by atomic mass is 15.1. The third-order valence-electron chi connectivity index (χ3n) is 4.65. The molecule has 0 saturated heterocycles. The molecule has 1 saturated carbocycles. The molecular weight excluding hydrogens is 248 g/mol. The van der Waals surface area contributed by atoms with Gasteiger partial charge in [0.05, 0.1) is 0 Å². The van der Waals surface area contributed by atoms with E-state index in [1.165, 1.54) is 25.7 Å². The van der Waals surface area contributed by atoms with Gasteiger partial charge in [0.25, 0.3) is 0 Å². The second kappa shape index (κ2) is 5.23. The summed E-state index contributed by atoms with van der Waals surface area (Å²) in [7, 11) is 0. The highest BCUT2D eigenvalue weighted by Crippen LogP contribution is 2.43. The van der Waals surface area contributed by atoms with Crippen molar-refractivity contribution in [2.24, 2.45) is 5.41 Å². The van der Waals surface area contributed by atoms with Gasteiger partial charge in [-0.25, -0.2) is 9.97 Å². The Morgan fingerprint density at radius 3 is 2.35 bits per heavy atom. The molecule has 1 fully saturated rings. The maximum absolute atomic E-state index is 6.05. The normalized spacial score (nSPS) is 17.6. The van der Waals surface area contributed by atoms with Gasteiger partial charge >= 0.3 is 0 Å². The number of rotatable bonds is 4. The Labute approximate surface area is 122 Å². The van der Waals surface area contributed by atoms with E-state index in [1.54, 1.807) is 0 Å². The summed E-state index contributed by atoms with van der Waals surface area (Å²) in [5, 5.41) is 3.53. The molecule has 1 aliphatic rings. The number of nitrogens with one attached hydrogen (secondary N) is 1. The number of aromatic nitrogens is 2. The Morgan fingerprint density at radius 2 is 1.90 bits per heavy atom. The van der Waals surface area contributed by atoms with Crippen LogP contribution in [-0.4, -0.2) is 16.5 Å². The predicted octanol–water partition coefficient (Wildman–Crippen LogP) is 3.66. The molecule has 0 unspecified atom stereocenters. The maximum atomic E-state index is 6.05. The van der Waals surface area contributed by atoms with Gasteiger partial charge in [-0.3, -0.25) is 0 Å². The van der Waals surface area contributed by atoms with E-state index < -0.39 is 0 Å². The summed E-state index contributed by atoms with van der Waals surface area (Å²) in [6.45, 7) is 11.6. The van der Waals surface area contributed by atoms with Crippen LogP contribution in [0.1, 0.15) is 64.8 Å². The standard InChI is InChI=1S/C16H28N4/c1-6-16(8-7-9-16)10-18-13-11(2)12(17)19-14(20-13)15(3,4)5/h6-10H2,1-5H3,(H3,17,18,19,20). The van der Waals surface area contributed by atoms with Crippen molar-refractivity contribution in [1.82, 2.24) is 9.97 Å². The molecule has 112 valence electrons. The SMILES string of the molecule is CCC1(CNc2nc(C(C)(C)C)nc(N)c2C)CCC1. The number of hydrogen-bond acceptors (Lipinski definition) is 4. The van der Waals surface area contributed by atoms with Crippen molar-refractivity contribution in [3.63, 3.8) is 0 Å². The van der Waals surface area contributed by atoms with Gasteiger partial charge < -0.3 is 11.1 Å². The van der Waals surface area contributed by atoms with Gasteiger partial charge in [0, 0.05) is 17.5 Å². The molecular formula is C16H28N4. The fraction of sp³-hybridized carbons (Fsp3) is 0.750. The number of hydrogen-bond donors (Lipinski definition) is 2. The lowest BCUT2D eigenvalue weighted by molar-refractivity contribution is 0.145. The molecule has 0 spiro atoms. The van der Waals surface area contributed by atoms with Crippen molar-refractivity contribution >= 4 is 11.6 Å². The lowest BCUT2D eigenvalue weighted by atomic mass is 9.67. The van der Waals surface area contributed by atoms with Crippen LogP contribution in [0.15, 0.2) is 0 Å². The Morgan fingerprint density at radius 1 is 1.25 bits per heavy atom. The molecule has 0 amide bonds. The highest BCUT2D eigenvalue weighted by molar-refractivity contribution is 5.55. The molecule has 1 aliphatic carbocycles. The summed E-state index contributed by atoms with van der Waals surface area (Å²) in [6, 6.07) is 0. The van der Waals surface area contributed by atoms with E-state index in [1.807, 2.05) is 6.92 Å². The second-order valence-electron chi connectivity index (χ2n) is 7.22. The Kier molecular flexibility index (Phi) is 3.94. The first-order valence-corrected chi connectivity index (χ1v) is 7.66. The highest BCUT2D eigenvalue weighted by Gasteiger charge is 2.35. The zero-order chi connectivity index (χ0) is 15.0. The summed E-state index contributed by atoms with van der Waals surface area (Å²) in [5.41, 5.74) is 7.39. The Balaban J connectivity index is 2.20. The minimum absolute atomic E-state index is 0.0861. The molecule has 1 aromatic rings. The summed E-state index contributed by atoms with van der Waals surface area (Å²) in [6.07, 6.45) is 5.23. The van der Waals surface area contributed by atoms with Gasteiger partial charge in [0.15, 0.2) is 0 Å². The molecule has 0 atom stereocenters. The number of nitrogens with two attached hydrogens (primary N) is 1. The summed E-state index contributed by atoms with van der Waals surface area (Å²) in [4.78, 5) is 9.13. The van der Waals surface area contributed by atoms with E-state index in [0.29, 0.717) is 11.2 Å². The molecule has 4 heteroatoms. The molecule has 0 aliphatic heterocycles. The Bertz CT molecular complexity index is 478. The molecule has 0 radical (unpaired) electrons. The topological polar surface area (TPSA) is 63.8 Å². The lowest BCUT2D eigenvalue weighted by Gasteiger charge is -2.41. The third-order valence-corrected chi connectivity index (χ3v) is 4.65. The van der Waals surface area contributed by atoms with E-state index in [2.05, 4.69) is 38.0 Å². The Hall–Kier alpha value is -1.32. The molecule has 2 rings (SSSR count). The minimum Gasteiger partial charge on any atom is -0.383 e. The van der Waals surface area contributed by atoms with Crippen LogP contribution in [0.4, 0.5) is 11.6 Å². The smallest absolute Gasteiger partial charge is 0.138 e. The molecule has 20 heavy (non-hydrogen) atoms. The largest absolute Gasteiger partial charge is 0.383 e. The lowest BCUT2D eigenvalue weighted by Crippen LogP contribution is -2.36. The first-order chi connectivity index (χ1) is 9.27. The average Bonchev–Trinajstić information content (AvgIpc) is 2.31.